The molecule has 1 aliphatic heterocycles. The monoisotopic (exact) mass is 402 g/mol. The van der Waals surface area contributed by atoms with Crippen LogP contribution in [0.15, 0.2) is 42.6 Å². The van der Waals surface area contributed by atoms with Crippen molar-refractivity contribution in [3.63, 3.8) is 0 Å². The summed E-state index contributed by atoms with van der Waals surface area (Å²) in [6.07, 6.45) is 1.67. The van der Waals surface area contributed by atoms with Crippen molar-refractivity contribution in [2.75, 3.05) is 45.2 Å². The summed E-state index contributed by atoms with van der Waals surface area (Å²) in [7, 11) is 3.99. The third kappa shape index (κ3) is 4.41. The highest BCUT2D eigenvalue weighted by atomic mass is 16.5. The molecule has 30 heavy (non-hydrogen) atoms. The molecule has 3 aromatic rings. The molecule has 152 valence electrons. The van der Waals surface area contributed by atoms with Crippen molar-refractivity contribution in [3.8, 4) is 17.7 Å². The van der Waals surface area contributed by atoms with E-state index in [1.807, 2.05) is 49.3 Å². The van der Waals surface area contributed by atoms with Crippen LogP contribution in [0.2, 0.25) is 0 Å². The first-order valence-corrected chi connectivity index (χ1v) is 9.68. The molecular formula is C22H22N6O2. The van der Waals surface area contributed by atoms with Gasteiger partial charge in [0.15, 0.2) is 11.3 Å². The Kier molecular flexibility index (Phi) is 5.61. The number of ether oxygens (including phenoxy) is 1. The highest BCUT2D eigenvalue weighted by Gasteiger charge is 2.19. The lowest BCUT2D eigenvalue weighted by Gasteiger charge is -2.14. The quantitative estimate of drug-likeness (QED) is 0.657. The van der Waals surface area contributed by atoms with E-state index in [-0.39, 0.29) is 6.03 Å². The second kappa shape index (κ2) is 8.66. The first kappa shape index (κ1) is 19.5. The van der Waals surface area contributed by atoms with Crippen LogP contribution < -0.4 is 15.0 Å². The molecule has 0 unspecified atom stereocenters. The number of amides is 2. The van der Waals surface area contributed by atoms with Crippen LogP contribution in [-0.4, -0.2) is 66.2 Å². The van der Waals surface area contributed by atoms with E-state index >= 15 is 0 Å². The van der Waals surface area contributed by atoms with E-state index in [1.165, 1.54) is 0 Å². The molecule has 1 aromatic carbocycles. The Morgan fingerprint density at radius 2 is 2.00 bits per heavy atom. The first-order valence-electron chi connectivity index (χ1n) is 9.68. The van der Waals surface area contributed by atoms with Gasteiger partial charge in [0.1, 0.15) is 12.1 Å². The fourth-order valence-corrected chi connectivity index (χ4v) is 3.01. The number of aromatic nitrogens is 3. The Morgan fingerprint density at radius 3 is 2.73 bits per heavy atom. The number of anilines is 1. The average Bonchev–Trinajstić information content (AvgIpc) is 3.17. The van der Waals surface area contributed by atoms with Crippen LogP contribution >= 0.6 is 0 Å². The Bertz CT molecular complexity index is 1120. The number of pyridine rings is 1. The van der Waals surface area contributed by atoms with Crippen molar-refractivity contribution < 1.29 is 9.53 Å². The molecule has 8 heteroatoms. The van der Waals surface area contributed by atoms with Gasteiger partial charge in [-0.2, -0.15) is 0 Å². The van der Waals surface area contributed by atoms with Gasteiger partial charge in [0.05, 0.1) is 6.54 Å². The third-order valence-corrected chi connectivity index (χ3v) is 4.66. The predicted molar refractivity (Wildman–Crippen MR) is 115 cm³/mol. The molecule has 2 aromatic heterocycles. The van der Waals surface area contributed by atoms with E-state index in [2.05, 4.69) is 32.1 Å². The standard InChI is InChI=1S/C22H22N6O2/c1-27(2)17-8-5-16(6-9-17)7-10-19-21(26-18-4-3-11-23-20(18)25-19)30-15-14-28-13-12-24-22(28)29/h3-6,8-9,11H,12-15H2,1-2H3,(H,24,29). The van der Waals surface area contributed by atoms with Crippen molar-refractivity contribution in [2.45, 2.75) is 0 Å². The largest absolute Gasteiger partial charge is 0.474 e. The Balaban J connectivity index is 1.57. The van der Waals surface area contributed by atoms with Crippen LogP contribution in [0, 0.1) is 11.8 Å². The maximum Gasteiger partial charge on any atom is 0.317 e. The predicted octanol–water partition coefficient (Wildman–Crippen LogP) is 1.89. The molecule has 0 radical (unpaired) electrons. The molecule has 4 rings (SSSR count). The molecule has 1 aliphatic rings. The molecule has 1 fully saturated rings. The van der Waals surface area contributed by atoms with Gasteiger partial charge in [0, 0.05) is 44.6 Å². The zero-order valence-corrected chi connectivity index (χ0v) is 16.9. The summed E-state index contributed by atoms with van der Waals surface area (Å²) in [4.78, 5) is 28.7. The topological polar surface area (TPSA) is 83.5 Å². The van der Waals surface area contributed by atoms with Crippen LogP contribution in [0.3, 0.4) is 0 Å². The summed E-state index contributed by atoms with van der Waals surface area (Å²) in [5.41, 5.74) is 3.53. The molecule has 1 N–H and O–H groups in total. The summed E-state index contributed by atoms with van der Waals surface area (Å²) in [6.45, 7) is 2.10. The van der Waals surface area contributed by atoms with E-state index < -0.39 is 0 Å². The van der Waals surface area contributed by atoms with Crippen LogP contribution in [0.4, 0.5) is 10.5 Å². The van der Waals surface area contributed by atoms with Crippen molar-refractivity contribution in [1.82, 2.24) is 25.2 Å². The second-order valence-electron chi connectivity index (χ2n) is 6.98. The van der Waals surface area contributed by atoms with Gasteiger partial charge in [0.25, 0.3) is 0 Å². The minimum absolute atomic E-state index is 0.0754. The van der Waals surface area contributed by atoms with Crippen LogP contribution in [0.1, 0.15) is 11.3 Å². The maximum atomic E-state index is 11.7. The number of nitrogens with one attached hydrogen (secondary N) is 1. The molecule has 2 amide bonds. The minimum atomic E-state index is -0.0754. The Morgan fingerprint density at radius 1 is 1.17 bits per heavy atom. The lowest BCUT2D eigenvalue weighted by atomic mass is 10.2. The number of carbonyl (C=O) groups is 1. The molecular weight excluding hydrogens is 380 g/mol. The maximum absolute atomic E-state index is 11.7. The van der Waals surface area contributed by atoms with E-state index in [1.54, 1.807) is 17.2 Å². The molecule has 1 saturated heterocycles. The zero-order chi connectivity index (χ0) is 20.9. The molecule has 0 saturated carbocycles. The van der Waals surface area contributed by atoms with Crippen LogP contribution in [0.25, 0.3) is 11.2 Å². The molecule has 0 spiro atoms. The molecule has 3 heterocycles. The smallest absolute Gasteiger partial charge is 0.317 e. The number of rotatable bonds is 5. The second-order valence-corrected chi connectivity index (χ2v) is 6.98. The van der Waals surface area contributed by atoms with Crippen LogP contribution in [0.5, 0.6) is 5.88 Å². The number of hydrogen-bond acceptors (Lipinski definition) is 6. The van der Waals surface area contributed by atoms with Gasteiger partial charge in [-0.1, -0.05) is 5.92 Å². The normalized spacial score (nSPS) is 13.0. The number of fused-ring (bicyclic) bond motifs is 1. The SMILES string of the molecule is CN(C)c1ccc(C#Cc2nc3ncccc3nc2OCCN2CCNC2=O)cc1. The van der Waals surface area contributed by atoms with Gasteiger partial charge in [-0.15, -0.1) is 0 Å². The summed E-state index contributed by atoms with van der Waals surface area (Å²) in [5.74, 6) is 6.52. The number of hydrogen-bond donors (Lipinski definition) is 1. The van der Waals surface area contributed by atoms with Gasteiger partial charge in [-0.3, -0.25) is 0 Å². The van der Waals surface area contributed by atoms with Gasteiger partial charge in [0.2, 0.25) is 5.88 Å². The van der Waals surface area contributed by atoms with Crippen molar-refractivity contribution in [3.05, 3.63) is 53.9 Å². The first-order chi connectivity index (χ1) is 14.6. The highest BCUT2D eigenvalue weighted by molar-refractivity contribution is 5.76. The summed E-state index contributed by atoms with van der Waals surface area (Å²) in [5, 5.41) is 2.77. The number of carbonyl (C=O) groups excluding carboxylic acids is 1. The van der Waals surface area contributed by atoms with E-state index in [4.69, 9.17) is 4.74 Å². The van der Waals surface area contributed by atoms with E-state index in [0.29, 0.717) is 49.0 Å². The number of urea groups is 1. The summed E-state index contributed by atoms with van der Waals surface area (Å²) >= 11 is 0. The minimum Gasteiger partial charge on any atom is -0.474 e. The lowest BCUT2D eigenvalue weighted by Crippen LogP contribution is -2.32. The van der Waals surface area contributed by atoms with Crippen molar-refractivity contribution in [1.29, 1.82) is 0 Å². The Labute approximate surface area is 174 Å². The molecule has 0 aliphatic carbocycles. The van der Waals surface area contributed by atoms with Crippen LogP contribution in [-0.2, 0) is 0 Å². The zero-order valence-electron chi connectivity index (χ0n) is 16.9. The molecule has 0 atom stereocenters. The van der Waals surface area contributed by atoms with Gasteiger partial charge >= 0.3 is 6.03 Å². The fourth-order valence-electron chi connectivity index (χ4n) is 3.01. The summed E-state index contributed by atoms with van der Waals surface area (Å²) in [6, 6.07) is 11.5. The molecule has 8 nitrogen and oxygen atoms in total. The van der Waals surface area contributed by atoms with E-state index in [0.717, 1.165) is 11.3 Å². The summed E-state index contributed by atoms with van der Waals surface area (Å²) < 4.78 is 5.86. The fraction of sp³-hybridized carbons (Fsp3) is 0.273. The molecule has 0 bridgehead atoms. The van der Waals surface area contributed by atoms with E-state index in [9.17, 15) is 4.79 Å². The highest BCUT2D eigenvalue weighted by Crippen LogP contribution is 2.18. The van der Waals surface area contributed by atoms with Gasteiger partial charge < -0.3 is 19.9 Å². The lowest BCUT2D eigenvalue weighted by molar-refractivity contribution is 0.201. The number of nitrogens with zero attached hydrogens (tertiary/aromatic N) is 5. The third-order valence-electron chi connectivity index (χ3n) is 4.66. The van der Waals surface area contributed by atoms with Gasteiger partial charge in [-0.05, 0) is 42.3 Å². The Hall–Kier alpha value is -3.86. The van der Waals surface area contributed by atoms with Gasteiger partial charge in [-0.25, -0.2) is 19.7 Å². The van der Waals surface area contributed by atoms with Crippen molar-refractivity contribution >= 4 is 22.9 Å². The number of benzene rings is 1. The average molecular weight is 402 g/mol. The van der Waals surface area contributed by atoms with Crippen molar-refractivity contribution in [2.24, 2.45) is 0 Å².